The maximum atomic E-state index is 13.5. The number of amides is 4. The van der Waals surface area contributed by atoms with Crippen LogP contribution in [0.2, 0.25) is 0 Å². The Balaban J connectivity index is 1.78. The second kappa shape index (κ2) is 7.45. The predicted octanol–water partition coefficient (Wildman–Crippen LogP) is 2.78. The first-order valence-corrected chi connectivity index (χ1v) is 12.2. The minimum atomic E-state index is -1.88. The van der Waals surface area contributed by atoms with Gasteiger partial charge in [-0.2, -0.15) is 0 Å². The normalized spacial score (nSPS) is 36.9. The molecule has 3 fully saturated rings. The van der Waals surface area contributed by atoms with Gasteiger partial charge >= 0.3 is 0 Å². The van der Waals surface area contributed by atoms with Gasteiger partial charge in [-0.1, -0.05) is 11.6 Å². The topological polar surface area (TPSA) is 104 Å². The minimum absolute atomic E-state index is 0.0558. The summed E-state index contributed by atoms with van der Waals surface area (Å²) < 4.78 is 5.60. The van der Waals surface area contributed by atoms with Crippen LogP contribution in [0, 0.1) is 17.8 Å². The van der Waals surface area contributed by atoms with Crippen LogP contribution in [-0.4, -0.2) is 69.5 Å². The number of phenolic OH excluding ortho intramolecular Hbond substituents is 1. The van der Waals surface area contributed by atoms with Crippen LogP contribution in [0.15, 0.2) is 28.3 Å². The average molecular weight is 572 g/mol. The van der Waals surface area contributed by atoms with Crippen molar-refractivity contribution in [3.8, 4) is 11.5 Å². The van der Waals surface area contributed by atoms with Gasteiger partial charge in [0.05, 0.1) is 23.4 Å². The molecule has 0 spiro atoms. The fourth-order valence-electron chi connectivity index (χ4n) is 6.19. The van der Waals surface area contributed by atoms with Gasteiger partial charge in [-0.05, 0) is 52.4 Å². The number of nitrogens with zero attached hydrogens (tertiary/aromatic N) is 2. The van der Waals surface area contributed by atoms with Crippen molar-refractivity contribution < 1.29 is 29.0 Å². The number of hydrogen-bond acceptors (Lipinski definition) is 6. The number of carbonyl (C=O) groups excluding carboxylic acids is 4. The summed E-state index contributed by atoms with van der Waals surface area (Å²) in [6.07, 6.45) is 2.10. The third kappa shape index (κ3) is 2.66. The van der Waals surface area contributed by atoms with E-state index in [1.807, 2.05) is 6.08 Å². The molecule has 0 radical (unpaired) electrons. The van der Waals surface area contributed by atoms with Crippen LogP contribution in [0.4, 0.5) is 0 Å². The van der Waals surface area contributed by atoms with E-state index in [4.69, 9.17) is 27.9 Å². The summed E-state index contributed by atoms with van der Waals surface area (Å²) in [6.45, 7) is 0. The molecule has 8 nitrogen and oxygen atoms in total. The molecular formula is C23H21BrCl2N2O6. The van der Waals surface area contributed by atoms with Crippen LogP contribution in [0.1, 0.15) is 24.3 Å². The van der Waals surface area contributed by atoms with Crippen LogP contribution in [0.3, 0.4) is 0 Å². The zero-order valence-electron chi connectivity index (χ0n) is 18.5. The quantitative estimate of drug-likeness (QED) is 0.332. The molecule has 2 aliphatic heterocycles. The summed E-state index contributed by atoms with van der Waals surface area (Å²) in [5.74, 6) is -4.63. The average Bonchev–Trinajstić information content (AvgIpc) is 3.10. The molecular weight excluding hydrogens is 551 g/mol. The number of methoxy groups -OCH3 is 1. The number of phenols is 1. The van der Waals surface area contributed by atoms with Gasteiger partial charge in [0.15, 0.2) is 21.2 Å². The molecule has 4 aliphatic rings. The van der Waals surface area contributed by atoms with Crippen LogP contribution >= 0.6 is 39.1 Å². The number of carbonyl (C=O) groups is 4. The molecule has 34 heavy (non-hydrogen) atoms. The minimum Gasteiger partial charge on any atom is -0.503 e. The maximum Gasteiger partial charge on any atom is 0.253 e. The number of hydrogen-bond donors (Lipinski definition) is 1. The second-order valence-electron chi connectivity index (χ2n) is 9.29. The number of alkyl halides is 2. The second-order valence-corrected chi connectivity index (χ2v) is 11.4. The molecule has 6 unspecified atom stereocenters. The van der Waals surface area contributed by atoms with Crippen LogP contribution in [-0.2, 0) is 19.2 Å². The summed E-state index contributed by atoms with van der Waals surface area (Å²) in [4.78, 5) is 51.0. The Labute approximate surface area is 213 Å². The zero-order chi connectivity index (χ0) is 24.9. The molecule has 4 amide bonds. The van der Waals surface area contributed by atoms with Crippen molar-refractivity contribution in [1.29, 1.82) is 0 Å². The number of aromatic hydroxyl groups is 1. The first-order valence-electron chi connectivity index (χ1n) is 10.7. The summed E-state index contributed by atoms with van der Waals surface area (Å²) in [7, 11) is 4.17. The summed E-state index contributed by atoms with van der Waals surface area (Å²) in [6, 6.07) is 3.15. The zero-order valence-corrected chi connectivity index (χ0v) is 21.6. The van der Waals surface area contributed by atoms with E-state index in [0.717, 1.165) is 9.80 Å². The molecule has 2 aliphatic carbocycles. The van der Waals surface area contributed by atoms with E-state index in [1.165, 1.54) is 21.2 Å². The molecule has 2 heterocycles. The SMILES string of the molecule is COc1cc(C2C3=CCC4C(=O)N(C)C(=O)C4C3CC3(Cl)C(=O)N(C)C(=O)C23Cl)cc(Br)c1O. The highest BCUT2D eigenvalue weighted by Crippen LogP contribution is 2.65. The number of rotatable bonds is 2. The van der Waals surface area contributed by atoms with E-state index in [1.54, 1.807) is 12.1 Å². The standard InChI is InChI=1S/C23H21BrCl2N2O6/c1-27-18(30)11-5-4-10-12(15(11)19(27)31)8-22(25)20(32)28(2)21(33)23(22,26)16(10)9-6-13(24)17(29)14(7-9)34-3/h4,6-7,11-12,15-16,29H,5,8H2,1-3H3. The molecule has 1 aromatic carbocycles. The van der Waals surface area contributed by atoms with E-state index >= 15 is 0 Å². The molecule has 1 saturated carbocycles. The largest absolute Gasteiger partial charge is 0.503 e. The van der Waals surface area contributed by atoms with Crippen molar-refractivity contribution in [2.24, 2.45) is 17.8 Å². The highest BCUT2D eigenvalue weighted by Gasteiger charge is 2.75. The molecule has 1 N–H and O–H groups in total. The van der Waals surface area contributed by atoms with E-state index in [9.17, 15) is 24.3 Å². The van der Waals surface area contributed by atoms with Gasteiger partial charge in [-0.25, -0.2) is 0 Å². The van der Waals surface area contributed by atoms with Crippen molar-refractivity contribution in [3.63, 3.8) is 0 Å². The lowest BCUT2D eigenvalue weighted by Crippen LogP contribution is -2.60. The summed E-state index contributed by atoms with van der Waals surface area (Å²) in [5.41, 5.74) is 1.16. The Morgan fingerprint density at radius 2 is 1.74 bits per heavy atom. The number of fused-ring (bicyclic) bond motifs is 4. The lowest BCUT2D eigenvalue weighted by atomic mass is 9.56. The van der Waals surface area contributed by atoms with Crippen molar-refractivity contribution in [3.05, 3.63) is 33.8 Å². The van der Waals surface area contributed by atoms with Crippen LogP contribution < -0.4 is 4.74 Å². The Bertz CT molecular complexity index is 1220. The molecule has 0 aromatic heterocycles. The maximum absolute atomic E-state index is 13.5. The fourth-order valence-corrected chi connectivity index (χ4v) is 7.67. The first kappa shape index (κ1) is 23.6. The number of imide groups is 2. The van der Waals surface area contributed by atoms with Crippen molar-refractivity contribution in [1.82, 2.24) is 9.80 Å². The van der Waals surface area contributed by atoms with Crippen molar-refractivity contribution in [2.45, 2.75) is 28.5 Å². The van der Waals surface area contributed by atoms with Gasteiger partial charge in [0.2, 0.25) is 11.8 Å². The smallest absolute Gasteiger partial charge is 0.253 e. The van der Waals surface area contributed by atoms with Gasteiger partial charge in [0.25, 0.3) is 11.8 Å². The highest BCUT2D eigenvalue weighted by atomic mass is 79.9. The number of likely N-dealkylation sites (tertiary alicyclic amines) is 2. The lowest BCUT2D eigenvalue weighted by Gasteiger charge is -2.50. The van der Waals surface area contributed by atoms with Crippen molar-refractivity contribution in [2.75, 3.05) is 21.2 Å². The van der Waals surface area contributed by atoms with E-state index in [-0.39, 0.29) is 29.7 Å². The Morgan fingerprint density at radius 1 is 1.06 bits per heavy atom. The molecule has 11 heteroatoms. The Hall–Kier alpha value is -2.10. The van der Waals surface area contributed by atoms with Gasteiger partial charge in [0.1, 0.15) is 0 Å². The number of allylic oxidation sites excluding steroid dienone is 2. The monoisotopic (exact) mass is 570 g/mol. The molecule has 6 atom stereocenters. The third-order valence-electron chi connectivity index (χ3n) is 7.84. The highest BCUT2D eigenvalue weighted by molar-refractivity contribution is 9.10. The van der Waals surface area contributed by atoms with Gasteiger partial charge in [-0.15, -0.1) is 23.2 Å². The molecule has 0 bridgehead atoms. The van der Waals surface area contributed by atoms with Crippen LogP contribution in [0.5, 0.6) is 11.5 Å². The van der Waals surface area contributed by atoms with Crippen LogP contribution in [0.25, 0.3) is 0 Å². The fraction of sp³-hybridized carbons (Fsp3) is 0.478. The Kier molecular flexibility index (Phi) is 5.18. The van der Waals surface area contributed by atoms with Gasteiger partial charge in [0, 0.05) is 20.0 Å². The number of ether oxygens (including phenoxy) is 1. The molecule has 1 aromatic rings. The summed E-state index contributed by atoms with van der Waals surface area (Å²) >= 11 is 17.4. The van der Waals surface area contributed by atoms with E-state index < -0.39 is 45.2 Å². The first-order chi connectivity index (χ1) is 15.9. The number of benzene rings is 1. The molecule has 180 valence electrons. The van der Waals surface area contributed by atoms with E-state index in [2.05, 4.69) is 15.9 Å². The van der Waals surface area contributed by atoms with Crippen molar-refractivity contribution >= 4 is 62.8 Å². The molecule has 2 saturated heterocycles. The van der Waals surface area contributed by atoms with Gasteiger partial charge < -0.3 is 9.84 Å². The van der Waals surface area contributed by atoms with Gasteiger partial charge in [-0.3, -0.25) is 29.0 Å². The molecule has 5 rings (SSSR count). The number of halogens is 3. The third-order valence-corrected chi connectivity index (χ3v) is 9.86. The van der Waals surface area contributed by atoms with E-state index in [0.29, 0.717) is 22.0 Å². The Morgan fingerprint density at radius 3 is 2.38 bits per heavy atom. The summed E-state index contributed by atoms with van der Waals surface area (Å²) in [5, 5.41) is 10.3. The predicted molar refractivity (Wildman–Crippen MR) is 126 cm³/mol. The lowest BCUT2D eigenvalue weighted by molar-refractivity contribution is -0.140.